The van der Waals surface area contributed by atoms with Crippen molar-refractivity contribution in [1.82, 2.24) is 4.90 Å². The quantitative estimate of drug-likeness (QED) is 0.820. The van der Waals surface area contributed by atoms with Crippen molar-refractivity contribution < 1.29 is 14.6 Å². The molecule has 1 unspecified atom stereocenters. The Morgan fingerprint density at radius 3 is 2.84 bits per heavy atom. The van der Waals surface area contributed by atoms with Gasteiger partial charge in [0.25, 0.3) is 0 Å². The molecular formula is C15H23NO3. The zero-order valence-electron chi connectivity index (χ0n) is 11.9. The van der Waals surface area contributed by atoms with E-state index in [1.807, 2.05) is 31.2 Å². The lowest BCUT2D eigenvalue weighted by Crippen LogP contribution is -2.31. The smallest absolute Gasteiger partial charge is 0.222 e. The fourth-order valence-corrected chi connectivity index (χ4v) is 1.65. The highest BCUT2D eigenvalue weighted by molar-refractivity contribution is 5.75. The topological polar surface area (TPSA) is 49.8 Å². The average molecular weight is 265 g/mol. The lowest BCUT2D eigenvalue weighted by Gasteiger charge is -2.18. The molecule has 19 heavy (non-hydrogen) atoms. The molecule has 1 atom stereocenters. The van der Waals surface area contributed by atoms with Crippen molar-refractivity contribution in [2.75, 3.05) is 20.2 Å². The number of aliphatic hydroxyl groups excluding tert-OH is 1. The molecular weight excluding hydrogens is 242 g/mol. The fraction of sp³-hybridized carbons (Fsp3) is 0.533. The predicted octanol–water partition coefficient (Wildman–Crippen LogP) is 1.99. The van der Waals surface area contributed by atoms with Gasteiger partial charge in [0.05, 0.1) is 12.6 Å². The first-order valence-corrected chi connectivity index (χ1v) is 6.60. The van der Waals surface area contributed by atoms with E-state index in [1.165, 1.54) is 0 Å². The van der Waals surface area contributed by atoms with Gasteiger partial charge in [0, 0.05) is 13.5 Å². The summed E-state index contributed by atoms with van der Waals surface area (Å²) >= 11 is 0. The van der Waals surface area contributed by atoms with Crippen molar-refractivity contribution >= 4 is 5.91 Å². The van der Waals surface area contributed by atoms with Crippen LogP contribution in [0.3, 0.4) is 0 Å². The van der Waals surface area contributed by atoms with E-state index in [9.17, 15) is 4.79 Å². The van der Waals surface area contributed by atoms with E-state index >= 15 is 0 Å². The molecule has 1 aromatic carbocycles. The van der Waals surface area contributed by atoms with Gasteiger partial charge in [0.2, 0.25) is 5.91 Å². The SMILES string of the molecule is Cc1cccc(OCCN(C)C(=O)CCC(C)O)c1. The zero-order valence-corrected chi connectivity index (χ0v) is 11.9. The standard InChI is InChI=1S/C15H23NO3/c1-12-5-4-6-14(11-12)19-10-9-16(3)15(18)8-7-13(2)17/h4-6,11,13,17H,7-10H2,1-3H3. The highest BCUT2D eigenvalue weighted by atomic mass is 16.5. The van der Waals surface area contributed by atoms with Crippen molar-refractivity contribution in [3.63, 3.8) is 0 Å². The third kappa shape index (κ3) is 6.25. The number of rotatable bonds is 7. The second kappa shape index (κ2) is 7.79. The highest BCUT2D eigenvalue weighted by Crippen LogP contribution is 2.12. The molecule has 0 aliphatic heterocycles. The van der Waals surface area contributed by atoms with Crippen LogP contribution in [0, 0.1) is 6.92 Å². The van der Waals surface area contributed by atoms with Crippen molar-refractivity contribution in [1.29, 1.82) is 0 Å². The van der Waals surface area contributed by atoms with Gasteiger partial charge in [-0.3, -0.25) is 4.79 Å². The van der Waals surface area contributed by atoms with E-state index in [-0.39, 0.29) is 5.91 Å². The number of benzene rings is 1. The Kier molecular flexibility index (Phi) is 6.36. The molecule has 0 radical (unpaired) electrons. The molecule has 1 rings (SSSR count). The summed E-state index contributed by atoms with van der Waals surface area (Å²) in [5.74, 6) is 0.860. The van der Waals surface area contributed by atoms with Gasteiger partial charge in [-0.25, -0.2) is 0 Å². The minimum atomic E-state index is -0.430. The molecule has 106 valence electrons. The summed E-state index contributed by atoms with van der Waals surface area (Å²) < 4.78 is 5.59. The summed E-state index contributed by atoms with van der Waals surface area (Å²) in [5, 5.41) is 9.14. The van der Waals surface area contributed by atoms with E-state index in [0.717, 1.165) is 11.3 Å². The van der Waals surface area contributed by atoms with Crippen LogP contribution in [0.1, 0.15) is 25.3 Å². The first kappa shape index (κ1) is 15.5. The molecule has 1 N–H and O–H groups in total. The molecule has 0 heterocycles. The van der Waals surface area contributed by atoms with Crippen molar-refractivity contribution in [3.05, 3.63) is 29.8 Å². The number of hydrogen-bond acceptors (Lipinski definition) is 3. The molecule has 0 aliphatic carbocycles. The van der Waals surface area contributed by atoms with E-state index in [1.54, 1.807) is 18.9 Å². The summed E-state index contributed by atoms with van der Waals surface area (Å²) in [6.07, 6.45) is 0.446. The lowest BCUT2D eigenvalue weighted by molar-refractivity contribution is -0.130. The molecule has 0 spiro atoms. The van der Waals surface area contributed by atoms with Crippen LogP contribution in [0.5, 0.6) is 5.75 Å². The molecule has 0 aromatic heterocycles. The summed E-state index contributed by atoms with van der Waals surface area (Å²) in [5.41, 5.74) is 1.15. The van der Waals surface area contributed by atoms with E-state index in [4.69, 9.17) is 9.84 Å². The molecule has 0 aliphatic rings. The van der Waals surface area contributed by atoms with Gasteiger partial charge in [0.1, 0.15) is 12.4 Å². The number of carbonyl (C=O) groups excluding carboxylic acids is 1. The van der Waals surface area contributed by atoms with Crippen LogP contribution < -0.4 is 4.74 Å². The minimum absolute atomic E-state index is 0.0359. The van der Waals surface area contributed by atoms with Gasteiger partial charge in [-0.1, -0.05) is 12.1 Å². The molecule has 1 amide bonds. The maximum atomic E-state index is 11.7. The zero-order chi connectivity index (χ0) is 14.3. The first-order chi connectivity index (χ1) is 8.99. The molecule has 1 aromatic rings. The fourth-order valence-electron chi connectivity index (χ4n) is 1.65. The Morgan fingerprint density at radius 2 is 2.21 bits per heavy atom. The molecule has 4 heteroatoms. The summed E-state index contributed by atoms with van der Waals surface area (Å²) in [4.78, 5) is 13.3. The number of amides is 1. The number of ether oxygens (including phenoxy) is 1. The number of aryl methyl sites for hydroxylation is 1. The summed E-state index contributed by atoms with van der Waals surface area (Å²) in [6.45, 7) is 4.72. The van der Waals surface area contributed by atoms with Crippen LogP contribution in [0.4, 0.5) is 0 Å². The molecule has 0 saturated heterocycles. The minimum Gasteiger partial charge on any atom is -0.492 e. The van der Waals surface area contributed by atoms with Crippen LogP contribution in [-0.4, -0.2) is 42.2 Å². The summed E-state index contributed by atoms with van der Waals surface area (Å²) in [6, 6.07) is 7.83. The Balaban J connectivity index is 2.26. The second-order valence-electron chi connectivity index (χ2n) is 4.87. The maximum absolute atomic E-state index is 11.7. The van der Waals surface area contributed by atoms with Crippen LogP contribution in [0.2, 0.25) is 0 Å². The third-order valence-electron chi connectivity index (χ3n) is 2.89. The Morgan fingerprint density at radius 1 is 1.47 bits per heavy atom. The second-order valence-corrected chi connectivity index (χ2v) is 4.87. The number of nitrogens with zero attached hydrogens (tertiary/aromatic N) is 1. The van der Waals surface area contributed by atoms with Crippen LogP contribution in [0.15, 0.2) is 24.3 Å². The lowest BCUT2D eigenvalue weighted by atomic mass is 10.2. The Labute approximate surface area is 115 Å². The van der Waals surface area contributed by atoms with E-state index in [0.29, 0.717) is 26.0 Å². The molecule has 4 nitrogen and oxygen atoms in total. The predicted molar refractivity (Wildman–Crippen MR) is 75.2 cm³/mol. The number of aliphatic hydroxyl groups is 1. The van der Waals surface area contributed by atoms with Gasteiger partial charge < -0.3 is 14.7 Å². The van der Waals surface area contributed by atoms with Crippen molar-refractivity contribution in [2.45, 2.75) is 32.8 Å². The highest BCUT2D eigenvalue weighted by Gasteiger charge is 2.09. The van der Waals surface area contributed by atoms with Crippen molar-refractivity contribution in [3.8, 4) is 5.75 Å². The maximum Gasteiger partial charge on any atom is 0.222 e. The van der Waals surface area contributed by atoms with Gasteiger partial charge in [-0.05, 0) is 38.0 Å². The Bertz CT molecular complexity index is 404. The third-order valence-corrected chi connectivity index (χ3v) is 2.89. The van der Waals surface area contributed by atoms with Gasteiger partial charge in [0.15, 0.2) is 0 Å². The molecule has 0 saturated carbocycles. The molecule has 0 fully saturated rings. The van der Waals surface area contributed by atoms with Gasteiger partial charge >= 0.3 is 0 Å². The molecule has 0 bridgehead atoms. The average Bonchev–Trinajstić information content (AvgIpc) is 2.35. The number of carbonyl (C=O) groups is 1. The van der Waals surface area contributed by atoms with Crippen LogP contribution in [0.25, 0.3) is 0 Å². The van der Waals surface area contributed by atoms with Crippen molar-refractivity contribution in [2.24, 2.45) is 0 Å². The number of hydrogen-bond donors (Lipinski definition) is 1. The van der Waals surface area contributed by atoms with Crippen LogP contribution >= 0.6 is 0 Å². The number of likely N-dealkylation sites (N-methyl/N-ethyl adjacent to an activating group) is 1. The monoisotopic (exact) mass is 265 g/mol. The largest absolute Gasteiger partial charge is 0.492 e. The first-order valence-electron chi connectivity index (χ1n) is 6.60. The Hall–Kier alpha value is -1.55. The van der Waals surface area contributed by atoms with Crippen LogP contribution in [-0.2, 0) is 4.79 Å². The van der Waals surface area contributed by atoms with E-state index < -0.39 is 6.10 Å². The van der Waals surface area contributed by atoms with E-state index in [2.05, 4.69) is 0 Å². The van der Waals surface area contributed by atoms with Gasteiger partial charge in [-0.15, -0.1) is 0 Å². The summed E-state index contributed by atoms with van der Waals surface area (Å²) in [7, 11) is 1.75. The normalized spacial score (nSPS) is 12.0. The van der Waals surface area contributed by atoms with Gasteiger partial charge in [-0.2, -0.15) is 0 Å².